The van der Waals surface area contributed by atoms with Crippen molar-refractivity contribution in [3.05, 3.63) is 23.8 Å². The number of quaternary nitrogens is 1. The molecule has 0 aliphatic carbocycles. The van der Waals surface area contributed by atoms with Gasteiger partial charge in [-0.1, -0.05) is 12.1 Å². The van der Waals surface area contributed by atoms with Crippen molar-refractivity contribution in [3.63, 3.8) is 0 Å². The number of amides is 2. The Bertz CT molecular complexity index is 554. The van der Waals surface area contributed by atoms with Crippen molar-refractivity contribution >= 4 is 28.7 Å². The molecule has 102 valence electrons. The standard InChI is InChI=1S/C13H14ClNO4/c1-13(2)7-8-5-4-6-9(10(8)19-13)15(3,11(14)16)12(17)18/h4-6H,7H2,1-3H3/p+1. The van der Waals surface area contributed by atoms with Crippen LogP contribution in [0.15, 0.2) is 18.2 Å². The Labute approximate surface area is 115 Å². The van der Waals surface area contributed by atoms with Crippen LogP contribution in [0.1, 0.15) is 19.4 Å². The number of imide groups is 1. The minimum absolute atomic E-state index is 0.246. The van der Waals surface area contributed by atoms with Crippen LogP contribution in [-0.2, 0) is 6.42 Å². The van der Waals surface area contributed by atoms with Gasteiger partial charge in [0, 0.05) is 29.7 Å². The van der Waals surface area contributed by atoms with Crippen molar-refractivity contribution in [2.24, 2.45) is 0 Å². The number of ether oxygens (including phenoxy) is 1. The molecule has 1 N–H and O–H groups in total. The van der Waals surface area contributed by atoms with Crippen molar-refractivity contribution in [2.45, 2.75) is 25.9 Å². The molecule has 1 aliphatic rings. The van der Waals surface area contributed by atoms with Gasteiger partial charge in [-0.05, 0) is 13.8 Å². The molecule has 1 unspecified atom stereocenters. The zero-order chi connectivity index (χ0) is 14.4. The first-order valence-corrected chi connectivity index (χ1v) is 6.18. The predicted octanol–water partition coefficient (Wildman–Crippen LogP) is 3.37. The lowest BCUT2D eigenvalue weighted by Crippen LogP contribution is -2.52. The van der Waals surface area contributed by atoms with E-state index in [0.717, 1.165) is 5.56 Å². The molecule has 2 rings (SSSR count). The Kier molecular flexibility index (Phi) is 3.07. The maximum Gasteiger partial charge on any atom is 0.527 e. The fourth-order valence-corrected chi connectivity index (χ4v) is 2.39. The number of hydrogen-bond acceptors (Lipinski definition) is 3. The summed E-state index contributed by atoms with van der Waals surface area (Å²) in [5.41, 5.74) is 0.707. The highest BCUT2D eigenvalue weighted by atomic mass is 35.5. The fourth-order valence-electron chi connectivity index (χ4n) is 2.22. The average Bonchev–Trinajstić information content (AvgIpc) is 2.60. The summed E-state index contributed by atoms with van der Waals surface area (Å²) in [5, 5.41) is 8.34. The third-order valence-electron chi connectivity index (χ3n) is 3.29. The van der Waals surface area contributed by atoms with Gasteiger partial charge < -0.3 is 9.84 Å². The van der Waals surface area contributed by atoms with Gasteiger partial charge in [0.25, 0.3) is 0 Å². The molecule has 1 aromatic carbocycles. The summed E-state index contributed by atoms with van der Waals surface area (Å²) in [6.45, 7) is 3.81. The summed E-state index contributed by atoms with van der Waals surface area (Å²) in [6, 6.07) is 5.12. The van der Waals surface area contributed by atoms with E-state index in [1.807, 2.05) is 19.9 Å². The predicted molar refractivity (Wildman–Crippen MR) is 71.8 cm³/mol. The molecule has 6 heteroatoms. The molecule has 1 atom stereocenters. The maximum atomic E-state index is 11.6. The van der Waals surface area contributed by atoms with Gasteiger partial charge >= 0.3 is 11.5 Å². The fraction of sp³-hybridized carbons (Fsp3) is 0.385. The zero-order valence-electron chi connectivity index (χ0n) is 10.9. The molecular formula is C13H15ClNO4+. The Balaban J connectivity index is 2.63. The largest absolute Gasteiger partial charge is 0.527 e. The molecule has 0 fully saturated rings. The molecule has 1 aliphatic heterocycles. The number of carbonyl (C=O) groups excluding carboxylic acids is 1. The highest BCUT2D eigenvalue weighted by molar-refractivity contribution is 6.66. The van der Waals surface area contributed by atoms with Crippen LogP contribution in [0.4, 0.5) is 15.3 Å². The number of hydrogen-bond donors (Lipinski definition) is 1. The third kappa shape index (κ3) is 2.09. The van der Waals surface area contributed by atoms with Crippen molar-refractivity contribution in [2.75, 3.05) is 7.05 Å². The van der Waals surface area contributed by atoms with Crippen molar-refractivity contribution in [3.8, 4) is 5.75 Å². The molecule has 2 amide bonds. The van der Waals surface area contributed by atoms with Gasteiger partial charge in [-0.25, -0.2) is 4.79 Å². The van der Waals surface area contributed by atoms with Crippen LogP contribution in [0.5, 0.6) is 5.75 Å². The van der Waals surface area contributed by atoms with Crippen LogP contribution in [-0.4, -0.2) is 29.2 Å². The molecule has 19 heavy (non-hydrogen) atoms. The second-order valence-electron chi connectivity index (χ2n) is 5.35. The van der Waals surface area contributed by atoms with Crippen molar-refractivity contribution in [1.82, 2.24) is 4.48 Å². The number of carboxylic acid groups (broad SMARTS) is 1. The average molecular weight is 285 g/mol. The van der Waals surface area contributed by atoms with Crippen LogP contribution in [0.2, 0.25) is 0 Å². The smallest absolute Gasteiger partial charge is 0.481 e. The van der Waals surface area contributed by atoms with Crippen LogP contribution < -0.4 is 9.22 Å². The Morgan fingerprint density at radius 3 is 2.58 bits per heavy atom. The highest BCUT2D eigenvalue weighted by Gasteiger charge is 2.47. The molecule has 0 spiro atoms. The number of para-hydroxylation sites is 1. The topological polar surface area (TPSA) is 63.6 Å². The first-order chi connectivity index (χ1) is 8.68. The van der Waals surface area contributed by atoms with Crippen molar-refractivity contribution < 1.29 is 19.4 Å². The number of halogens is 1. The van der Waals surface area contributed by atoms with E-state index in [1.54, 1.807) is 12.1 Å². The Hall–Kier alpha value is -1.59. The second-order valence-corrected chi connectivity index (χ2v) is 5.67. The minimum atomic E-state index is -1.35. The number of nitrogens with zero attached hydrogens (tertiary/aromatic N) is 1. The monoisotopic (exact) mass is 284 g/mol. The number of rotatable bonds is 1. The van der Waals surface area contributed by atoms with E-state index in [1.165, 1.54) is 7.05 Å². The van der Waals surface area contributed by atoms with Gasteiger partial charge in [0.05, 0.1) is 7.05 Å². The molecule has 0 saturated heterocycles. The molecule has 5 nitrogen and oxygen atoms in total. The van der Waals surface area contributed by atoms with Gasteiger partial charge in [-0.3, -0.25) is 0 Å². The van der Waals surface area contributed by atoms with Gasteiger partial charge in [-0.15, -0.1) is 4.48 Å². The molecule has 0 aromatic heterocycles. The maximum absolute atomic E-state index is 11.6. The summed E-state index contributed by atoms with van der Waals surface area (Å²) in [6.07, 6.45) is -0.687. The normalized spacial score (nSPS) is 19.2. The first-order valence-electron chi connectivity index (χ1n) is 5.80. The SMILES string of the molecule is CC1(C)Cc2cccc([N+](C)(C(=O)O)C(=O)Cl)c2O1. The van der Waals surface area contributed by atoms with E-state index < -0.39 is 21.5 Å². The third-order valence-corrected chi connectivity index (χ3v) is 3.62. The number of carbonyl (C=O) groups is 2. The molecule has 1 heterocycles. The van der Waals surface area contributed by atoms with Crippen molar-refractivity contribution in [1.29, 1.82) is 0 Å². The van der Waals surface area contributed by atoms with Gasteiger partial charge in [0.15, 0.2) is 11.4 Å². The number of benzene rings is 1. The molecule has 1 aromatic rings. The Morgan fingerprint density at radius 2 is 2.05 bits per heavy atom. The lowest BCUT2D eigenvalue weighted by molar-refractivity contribution is 0.133. The van der Waals surface area contributed by atoms with Crippen LogP contribution in [0.25, 0.3) is 0 Å². The minimum Gasteiger partial charge on any atom is -0.481 e. The van der Waals surface area contributed by atoms with E-state index in [0.29, 0.717) is 12.2 Å². The molecule has 0 radical (unpaired) electrons. The molecular weight excluding hydrogens is 270 g/mol. The number of fused-ring (bicyclic) bond motifs is 1. The summed E-state index contributed by atoms with van der Waals surface area (Å²) in [7, 11) is 1.24. The summed E-state index contributed by atoms with van der Waals surface area (Å²) in [4.78, 5) is 23.0. The van der Waals surface area contributed by atoms with E-state index in [9.17, 15) is 14.7 Å². The lowest BCUT2D eigenvalue weighted by atomic mass is 10.0. The summed E-state index contributed by atoms with van der Waals surface area (Å²) in [5.74, 6) is 0.436. The van der Waals surface area contributed by atoms with Crippen LogP contribution >= 0.6 is 11.6 Å². The lowest BCUT2D eigenvalue weighted by Gasteiger charge is -2.24. The van der Waals surface area contributed by atoms with E-state index in [4.69, 9.17) is 16.3 Å². The highest BCUT2D eigenvalue weighted by Crippen LogP contribution is 2.44. The molecule has 0 saturated carbocycles. The van der Waals surface area contributed by atoms with E-state index in [2.05, 4.69) is 0 Å². The first kappa shape index (κ1) is 13.8. The van der Waals surface area contributed by atoms with Gasteiger partial charge in [0.2, 0.25) is 0 Å². The van der Waals surface area contributed by atoms with Crippen LogP contribution in [0.3, 0.4) is 0 Å². The van der Waals surface area contributed by atoms with E-state index in [-0.39, 0.29) is 5.69 Å². The van der Waals surface area contributed by atoms with E-state index >= 15 is 0 Å². The summed E-state index contributed by atoms with van der Waals surface area (Å²) < 4.78 is 4.74. The Morgan fingerprint density at radius 1 is 1.42 bits per heavy atom. The quantitative estimate of drug-likeness (QED) is 0.488. The zero-order valence-corrected chi connectivity index (χ0v) is 11.7. The van der Waals surface area contributed by atoms with Crippen LogP contribution in [0, 0.1) is 0 Å². The second kappa shape index (κ2) is 4.21. The molecule has 0 bridgehead atoms. The van der Waals surface area contributed by atoms with Gasteiger partial charge in [-0.2, -0.15) is 4.79 Å². The van der Waals surface area contributed by atoms with Gasteiger partial charge in [0.1, 0.15) is 5.60 Å². The summed E-state index contributed by atoms with van der Waals surface area (Å²) >= 11 is 5.48.